The monoisotopic (exact) mass is 361 g/mol. The molecule has 6 heteroatoms. The highest BCUT2D eigenvalue weighted by Gasteiger charge is 2.13. The summed E-state index contributed by atoms with van der Waals surface area (Å²) in [5, 5.41) is 11.5. The third kappa shape index (κ3) is 6.20. The smallest absolute Gasteiger partial charge is 0.277 e. The summed E-state index contributed by atoms with van der Waals surface area (Å²) in [7, 11) is 0. The molecule has 2 aromatic rings. The molecule has 1 aromatic heterocycles. The second-order valence-electron chi connectivity index (χ2n) is 6.43. The number of nitrogens with zero attached hydrogens (tertiary/aromatic N) is 2. The maximum Gasteiger partial charge on any atom is 0.277 e. The number of hydrogen-bond donors (Lipinski definition) is 1. The van der Waals surface area contributed by atoms with Crippen molar-refractivity contribution in [3.8, 4) is 11.5 Å². The Balaban J connectivity index is 1.82. The van der Waals surface area contributed by atoms with Crippen molar-refractivity contribution in [1.82, 2.24) is 15.5 Å². The Hall–Kier alpha value is -1.82. The van der Waals surface area contributed by atoms with E-state index < -0.39 is 0 Å². The first-order valence-corrected chi connectivity index (χ1v) is 9.81. The topological polar surface area (TPSA) is 68.0 Å². The highest BCUT2D eigenvalue weighted by atomic mass is 32.2. The summed E-state index contributed by atoms with van der Waals surface area (Å²) in [4.78, 5) is 12.0. The number of carbonyl (C=O) groups is 1. The molecule has 25 heavy (non-hydrogen) atoms. The van der Waals surface area contributed by atoms with Crippen molar-refractivity contribution in [3.05, 3.63) is 29.3 Å². The van der Waals surface area contributed by atoms with E-state index in [2.05, 4.69) is 36.3 Å². The van der Waals surface area contributed by atoms with Crippen LogP contribution in [-0.2, 0) is 4.79 Å². The van der Waals surface area contributed by atoms with Gasteiger partial charge in [-0.25, -0.2) is 0 Å². The lowest BCUT2D eigenvalue weighted by molar-refractivity contribution is -0.119. The van der Waals surface area contributed by atoms with Crippen LogP contribution in [0.25, 0.3) is 11.5 Å². The highest BCUT2D eigenvalue weighted by Crippen LogP contribution is 2.24. The van der Waals surface area contributed by atoms with E-state index in [0.29, 0.717) is 11.1 Å². The number of nitrogens with one attached hydrogen (secondary N) is 1. The zero-order valence-corrected chi connectivity index (χ0v) is 16.3. The summed E-state index contributed by atoms with van der Waals surface area (Å²) in [5.74, 6) is 0.769. The van der Waals surface area contributed by atoms with E-state index >= 15 is 0 Å². The fourth-order valence-corrected chi connectivity index (χ4v) is 3.05. The van der Waals surface area contributed by atoms with Crippen LogP contribution in [0.5, 0.6) is 0 Å². The lowest BCUT2D eigenvalue weighted by atomic mass is 10.1. The molecule has 0 saturated carbocycles. The van der Waals surface area contributed by atoms with Gasteiger partial charge in [0.1, 0.15) is 0 Å². The lowest BCUT2D eigenvalue weighted by Crippen LogP contribution is -2.33. The van der Waals surface area contributed by atoms with Crippen molar-refractivity contribution in [2.45, 2.75) is 64.6 Å². The van der Waals surface area contributed by atoms with E-state index in [0.717, 1.165) is 18.4 Å². The van der Waals surface area contributed by atoms with Gasteiger partial charge in [0.2, 0.25) is 11.8 Å². The molecule has 2 rings (SSSR count). The maximum absolute atomic E-state index is 12.0. The minimum atomic E-state index is -0.0000659. The van der Waals surface area contributed by atoms with Crippen molar-refractivity contribution in [2.75, 3.05) is 5.75 Å². The summed E-state index contributed by atoms with van der Waals surface area (Å²) >= 11 is 1.27. The molecule has 0 radical (unpaired) electrons. The Labute approximate surface area is 154 Å². The van der Waals surface area contributed by atoms with E-state index in [1.165, 1.54) is 35.7 Å². The van der Waals surface area contributed by atoms with Crippen LogP contribution in [0.3, 0.4) is 0 Å². The second-order valence-corrected chi connectivity index (χ2v) is 7.35. The van der Waals surface area contributed by atoms with Gasteiger partial charge in [0.05, 0.1) is 5.75 Å². The van der Waals surface area contributed by atoms with Gasteiger partial charge in [0.15, 0.2) is 0 Å². The van der Waals surface area contributed by atoms with Gasteiger partial charge in [-0.3, -0.25) is 4.79 Å². The van der Waals surface area contributed by atoms with Crippen molar-refractivity contribution in [1.29, 1.82) is 0 Å². The molecule has 1 N–H and O–H groups in total. The van der Waals surface area contributed by atoms with Crippen molar-refractivity contribution in [2.24, 2.45) is 0 Å². The van der Waals surface area contributed by atoms with E-state index in [9.17, 15) is 4.79 Å². The van der Waals surface area contributed by atoms with Crippen molar-refractivity contribution < 1.29 is 9.21 Å². The van der Waals surface area contributed by atoms with Crippen LogP contribution in [0.15, 0.2) is 27.8 Å². The van der Waals surface area contributed by atoms with Gasteiger partial charge in [-0.15, -0.1) is 10.2 Å². The molecular formula is C19H27N3O2S. The molecule has 1 amide bonds. The normalized spacial score (nSPS) is 12.2. The number of carbonyl (C=O) groups excluding carboxylic acids is 1. The molecule has 1 unspecified atom stereocenters. The average molecular weight is 362 g/mol. The number of benzene rings is 1. The SMILES string of the molecule is CCCCCC(C)NC(=O)CSc1nnc(-c2ccc(C)c(C)c2)o1. The fraction of sp³-hybridized carbons (Fsp3) is 0.526. The Morgan fingerprint density at radius 1 is 1.24 bits per heavy atom. The molecule has 1 aromatic carbocycles. The molecule has 5 nitrogen and oxygen atoms in total. The quantitative estimate of drug-likeness (QED) is 0.525. The average Bonchev–Trinajstić information content (AvgIpc) is 3.05. The zero-order valence-electron chi connectivity index (χ0n) is 15.5. The number of amides is 1. The Bertz CT molecular complexity index is 700. The minimum absolute atomic E-state index is 0.0000659. The van der Waals surface area contributed by atoms with Gasteiger partial charge in [0, 0.05) is 11.6 Å². The first kappa shape index (κ1) is 19.5. The van der Waals surface area contributed by atoms with Gasteiger partial charge < -0.3 is 9.73 Å². The standard InChI is InChI=1S/C19H27N3O2S/c1-5-6-7-8-15(4)20-17(23)12-25-19-22-21-18(24-19)16-10-9-13(2)14(3)11-16/h9-11,15H,5-8,12H2,1-4H3,(H,20,23). The highest BCUT2D eigenvalue weighted by molar-refractivity contribution is 7.99. The molecule has 0 fully saturated rings. The molecule has 1 heterocycles. The van der Waals surface area contributed by atoms with Crippen LogP contribution >= 0.6 is 11.8 Å². The van der Waals surface area contributed by atoms with Crippen LogP contribution < -0.4 is 5.32 Å². The number of aromatic nitrogens is 2. The molecule has 0 spiro atoms. The van der Waals surface area contributed by atoms with Crippen LogP contribution in [-0.4, -0.2) is 27.9 Å². The third-order valence-corrected chi connectivity index (χ3v) is 4.95. The molecule has 136 valence electrons. The number of hydrogen-bond acceptors (Lipinski definition) is 5. The third-order valence-electron chi connectivity index (χ3n) is 4.14. The van der Waals surface area contributed by atoms with Crippen molar-refractivity contribution in [3.63, 3.8) is 0 Å². The van der Waals surface area contributed by atoms with E-state index in [1.807, 2.05) is 25.1 Å². The van der Waals surface area contributed by atoms with Gasteiger partial charge in [-0.2, -0.15) is 0 Å². The Morgan fingerprint density at radius 3 is 2.76 bits per heavy atom. The molecule has 0 aliphatic carbocycles. The number of aryl methyl sites for hydroxylation is 2. The maximum atomic E-state index is 12.0. The minimum Gasteiger partial charge on any atom is -0.411 e. The van der Waals surface area contributed by atoms with Crippen LogP contribution in [0, 0.1) is 13.8 Å². The number of thioether (sulfide) groups is 1. The summed E-state index contributed by atoms with van der Waals surface area (Å²) in [6.07, 6.45) is 4.56. The summed E-state index contributed by atoms with van der Waals surface area (Å²) in [6.45, 7) is 8.34. The molecule has 0 aliphatic heterocycles. The van der Waals surface area contributed by atoms with Gasteiger partial charge >= 0.3 is 0 Å². The molecule has 0 bridgehead atoms. The largest absolute Gasteiger partial charge is 0.411 e. The first-order chi connectivity index (χ1) is 12.0. The number of rotatable bonds is 9. The molecule has 0 saturated heterocycles. The Morgan fingerprint density at radius 2 is 2.04 bits per heavy atom. The van der Waals surface area contributed by atoms with Crippen LogP contribution in [0.1, 0.15) is 50.7 Å². The fourth-order valence-electron chi connectivity index (χ4n) is 2.48. The molecule has 1 atom stereocenters. The summed E-state index contributed by atoms with van der Waals surface area (Å²) in [6, 6.07) is 6.24. The zero-order chi connectivity index (χ0) is 18.2. The van der Waals surface area contributed by atoms with E-state index in [1.54, 1.807) is 0 Å². The van der Waals surface area contributed by atoms with Crippen molar-refractivity contribution >= 4 is 17.7 Å². The van der Waals surface area contributed by atoms with Gasteiger partial charge in [-0.1, -0.05) is 44.0 Å². The summed E-state index contributed by atoms with van der Waals surface area (Å²) < 4.78 is 5.66. The van der Waals surface area contributed by atoms with E-state index in [-0.39, 0.29) is 17.7 Å². The van der Waals surface area contributed by atoms with Gasteiger partial charge in [0.25, 0.3) is 5.22 Å². The number of unbranched alkanes of at least 4 members (excludes halogenated alkanes) is 2. The Kier molecular flexibility index (Phi) is 7.50. The van der Waals surface area contributed by atoms with Gasteiger partial charge in [-0.05, 0) is 50.5 Å². The first-order valence-electron chi connectivity index (χ1n) is 8.83. The van der Waals surface area contributed by atoms with E-state index in [4.69, 9.17) is 4.42 Å². The van der Waals surface area contributed by atoms with Crippen LogP contribution in [0.2, 0.25) is 0 Å². The molecular weight excluding hydrogens is 334 g/mol. The predicted molar refractivity (Wildman–Crippen MR) is 102 cm³/mol. The molecule has 0 aliphatic rings. The summed E-state index contributed by atoms with van der Waals surface area (Å²) in [5.41, 5.74) is 3.31. The predicted octanol–water partition coefficient (Wildman–Crippen LogP) is 4.53. The second kappa shape index (κ2) is 9.61. The van der Waals surface area contributed by atoms with Crippen LogP contribution in [0.4, 0.5) is 0 Å². The lowest BCUT2D eigenvalue weighted by Gasteiger charge is -2.12.